The number of nitrogens with one attached hydrogen (secondary N) is 2. The average Bonchev–Trinajstić information content (AvgIpc) is 3.20. The van der Waals surface area contributed by atoms with Crippen molar-refractivity contribution in [2.45, 2.75) is 52.5 Å². The number of methoxy groups -OCH3 is 1. The summed E-state index contributed by atoms with van der Waals surface area (Å²) in [5.41, 5.74) is 1.17. The van der Waals surface area contributed by atoms with Crippen LogP contribution in [0.5, 0.6) is 5.75 Å². The van der Waals surface area contributed by atoms with E-state index >= 15 is 0 Å². The van der Waals surface area contributed by atoms with Crippen LogP contribution in [0.1, 0.15) is 46.0 Å². The van der Waals surface area contributed by atoms with Crippen molar-refractivity contribution < 1.29 is 19.1 Å². The predicted molar refractivity (Wildman–Crippen MR) is 123 cm³/mol. The molecule has 9 nitrogen and oxygen atoms in total. The number of carbonyl (C=O) groups excluding carboxylic acids is 3. The first-order valence-electron chi connectivity index (χ1n) is 11.0. The van der Waals surface area contributed by atoms with E-state index in [-0.39, 0.29) is 30.7 Å². The second-order valence-corrected chi connectivity index (χ2v) is 7.49. The van der Waals surface area contributed by atoms with E-state index in [0.717, 1.165) is 25.9 Å². The highest BCUT2D eigenvalue weighted by Crippen LogP contribution is 2.15. The third-order valence-corrected chi connectivity index (χ3v) is 4.73. The van der Waals surface area contributed by atoms with Crippen molar-refractivity contribution >= 4 is 29.1 Å². The molecule has 2 aromatic rings. The first-order chi connectivity index (χ1) is 15.4. The zero-order chi connectivity index (χ0) is 23.3. The van der Waals surface area contributed by atoms with Crippen LogP contribution in [-0.2, 0) is 20.9 Å². The summed E-state index contributed by atoms with van der Waals surface area (Å²) < 4.78 is 6.54. The highest BCUT2D eigenvalue weighted by atomic mass is 16.5. The first kappa shape index (κ1) is 24.9. The molecule has 1 aromatic heterocycles. The number of hydrogen-bond acceptors (Lipinski definition) is 5. The quantitative estimate of drug-likeness (QED) is 0.494. The lowest BCUT2D eigenvalue weighted by Crippen LogP contribution is -2.32. The fourth-order valence-corrected chi connectivity index (χ4v) is 3.22. The van der Waals surface area contributed by atoms with E-state index in [1.807, 2.05) is 18.7 Å². The molecule has 0 bridgehead atoms. The SMILES string of the molecule is CCCN(CCC)C(=O)CCCC(=O)Nc1cnn(CC(=O)Nc2ccc(OC)cc2)c1. The van der Waals surface area contributed by atoms with Crippen LogP contribution in [0.3, 0.4) is 0 Å². The number of rotatable bonds is 13. The molecule has 32 heavy (non-hydrogen) atoms. The van der Waals surface area contributed by atoms with Gasteiger partial charge >= 0.3 is 0 Å². The largest absolute Gasteiger partial charge is 0.497 e. The molecule has 0 aliphatic heterocycles. The van der Waals surface area contributed by atoms with E-state index in [4.69, 9.17) is 4.74 Å². The molecular formula is C23H33N5O4. The summed E-state index contributed by atoms with van der Waals surface area (Å²) in [6.45, 7) is 5.62. The highest BCUT2D eigenvalue weighted by Gasteiger charge is 2.13. The smallest absolute Gasteiger partial charge is 0.246 e. The lowest BCUT2D eigenvalue weighted by Gasteiger charge is -2.21. The van der Waals surface area contributed by atoms with Gasteiger partial charge in [0.05, 0.1) is 19.0 Å². The summed E-state index contributed by atoms with van der Waals surface area (Å²) in [5.74, 6) is 0.382. The number of amides is 3. The van der Waals surface area contributed by atoms with Crippen LogP contribution in [-0.4, -0.2) is 52.6 Å². The zero-order valence-corrected chi connectivity index (χ0v) is 19.1. The molecule has 0 aliphatic rings. The maximum absolute atomic E-state index is 12.3. The number of anilines is 2. The van der Waals surface area contributed by atoms with E-state index in [1.54, 1.807) is 37.6 Å². The standard InChI is InChI=1S/C23H33N5O4/c1-4-13-27(14-5-2)23(31)8-6-7-21(29)26-19-15-24-28(16-19)17-22(30)25-18-9-11-20(32-3)12-10-18/h9-12,15-16H,4-8,13-14,17H2,1-3H3,(H,25,30)(H,26,29). The van der Waals surface area contributed by atoms with Crippen LogP contribution in [0.15, 0.2) is 36.7 Å². The minimum atomic E-state index is -0.238. The molecule has 1 heterocycles. The van der Waals surface area contributed by atoms with Gasteiger partial charge in [0.25, 0.3) is 0 Å². The minimum Gasteiger partial charge on any atom is -0.497 e. The predicted octanol–water partition coefficient (Wildman–Crippen LogP) is 3.29. The third kappa shape index (κ3) is 8.41. The lowest BCUT2D eigenvalue weighted by atomic mass is 10.2. The Morgan fingerprint density at radius 3 is 2.25 bits per heavy atom. The van der Waals surface area contributed by atoms with Gasteiger partial charge in [-0.05, 0) is 43.5 Å². The Hall–Kier alpha value is -3.36. The Bertz CT molecular complexity index is 873. The van der Waals surface area contributed by atoms with E-state index in [0.29, 0.717) is 30.0 Å². The van der Waals surface area contributed by atoms with E-state index in [2.05, 4.69) is 15.7 Å². The van der Waals surface area contributed by atoms with Crippen LogP contribution in [0.25, 0.3) is 0 Å². The van der Waals surface area contributed by atoms with Crippen molar-refractivity contribution in [1.82, 2.24) is 14.7 Å². The van der Waals surface area contributed by atoms with Gasteiger partial charge in [-0.1, -0.05) is 13.8 Å². The van der Waals surface area contributed by atoms with Crippen LogP contribution in [0.4, 0.5) is 11.4 Å². The molecule has 0 fully saturated rings. The Balaban J connectivity index is 1.74. The van der Waals surface area contributed by atoms with Gasteiger partial charge < -0.3 is 20.3 Å². The second kappa shape index (κ2) is 13.1. The van der Waals surface area contributed by atoms with Crippen molar-refractivity contribution in [3.8, 4) is 5.75 Å². The topological polar surface area (TPSA) is 106 Å². The maximum Gasteiger partial charge on any atom is 0.246 e. The second-order valence-electron chi connectivity index (χ2n) is 7.49. The van der Waals surface area contributed by atoms with Gasteiger partial charge in [-0.2, -0.15) is 5.10 Å². The molecule has 0 aliphatic carbocycles. The molecule has 0 unspecified atom stereocenters. The number of hydrogen-bond donors (Lipinski definition) is 2. The van der Waals surface area contributed by atoms with Crippen LogP contribution >= 0.6 is 0 Å². The fraction of sp³-hybridized carbons (Fsp3) is 0.478. The fourth-order valence-electron chi connectivity index (χ4n) is 3.22. The van der Waals surface area contributed by atoms with Crippen LogP contribution in [0, 0.1) is 0 Å². The van der Waals surface area contributed by atoms with Gasteiger partial charge in [0.2, 0.25) is 17.7 Å². The van der Waals surface area contributed by atoms with E-state index < -0.39 is 0 Å². The molecule has 0 saturated carbocycles. The molecule has 2 rings (SSSR count). The normalized spacial score (nSPS) is 10.5. The Morgan fingerprint density at radius 2 is 1.62 bits per heavy atom. The Labute approximate surface area is 189 Å². The van der Waals surface area contributed by atoms with Crippen molar-refractivity contribution in [3.05, 3.63) is 36.7 Å². The van der Waals surface area contributed by atoms with Crippen LogP contribution < -0.4 is 15.4 Å². The number of aromatic nitrogens is 2. The van der Waals surface area contributed by atoms with Gasteiger partial charge in [-0.3, -0.25) is 19.1 Å². The molecule has 3 amide bonds. The van der Waals surface area contributed by atoms with Gasteiger partial charge in [0, 0.05) is 37.8 Å². The monoisotopic (exact) mass is 443 g/mol. The number of carbonyl (C=O) groups is 3. The van der Waals surface area contributed by atoms with Crippen molar-refractivity contribution in [3.63, 3.8) is 0 Å². The van der Waals surface area contributed by atoms with Gasteiger partial charge in [-0.25, -0.2) is 0 Å². The number of benzene rings is 1. The van der Waals surface area contributed by atoms with Crippen molar-refractivity contribution in [2.75, 3.05) is 30.8 Å². The summed E-state index contributed by atoms with van der Waals surface area (Å²) in [5, 5.41) is 9.65. The average molecular weight is 444 g/mol. The minimum absolute atomic E-state index is 0.0150. The third-order valence-electron chi connectivity index (χ3n) is 4.73. The van der Waals surface area contributed by atoms with Gasteiger partial charge in [-0.15, -0.1) is 0 Å². The molecule has 174 valence electrons. The Morgan fingerprint density at radius 1 is 0.969 bits per heavy atom. The first-order valence-corrected chi connectivity index (χ1v) is 11.0. The lowest BCUT2D eigenvalue weighted by molar-refractivity contribution is -0.131. The summed E-state index contributed by atoms with van der Waals surface area (Å²) in [4.78, 5) is 38.5. The van der Waals surface area contributed by atoms with Crippen molar-refractivity contribution in [2.24, 2.45) is 0 Å². The molecule has 0 radical (unpaired) electrons. The van der Waals surface area contributed by atoms with Gasteiger partial charge in [0.1, 0.15) is 12.3 Å². The highest BCUT2D eigenvalue weighted by molar-refractivity contribution is 5.91. The molecule has 2 N–H and O–H groups in total. The molecule has 0 saturated heterocycles. The molecule has 1 aromatic carbocycles. The van der Waals surface area contributed by atoms with E-state index in [9.17, 15) is 14.4 Å². The summed E-state index contributed by atoms with van der Waals surface area (Å²) in [6, 6.07) is 7.02. The summed E-state index contributed by atoms with van der Waals surface area (Å²) >= 11 is 0. The zero-order valence-electron chi connectivity index (χ0n) is 19.1. The summed E-state index contributed by atoms with van der Waals surface area (Å²) in [7, 11) is 1.58. The molecule has 0 atom stereocenters. The van der Waals surface area contributed by atoms with E-state index in [1.165, 1.54) is 10.9 Å². The molecular weight excluding hydrogens is 410 g/mol. The van der Waals surface area contributed by atoms with Gasteiger partial charge in [0.15, 0.2) is 0 Å². The molecule has 9 heteroatoms. The number of ether oxygens (including phenoxy) is 1. The summed E-state index contributed by atoms with van der Waals surface area (Å²) in [6.07, 6.45) is 6.05. The maximum atomic E-state index is 12.3. The molecule has 0 spiro atoms. The van der Waals surface area contributed by atoms with Crippen molar-refractivity contribution in [1.29, 1.82) is 0 Å². The number of nitrogens with zero attached hydrogens (tertiary/aromatic N) is 3. The van der Waals surface area contributed by atoms with Crippen LogP contribution in [0.2, 0.25) is 0 Å². The Kier molecular flexibility index (Phi) is 10.2.